The van der Waals surface area contributed by atoms with Crippen LogP contribution in [0.3, 0.4) is 0 Å². The first-order valence-electron chi connectivity index (χ1n) is 5.47. The number of sulfonamides is 1. The Morgan fingerprint density at radius 2 is 2.17 bits per heavy atom. The number of hydrogen-bond acceptors (Lipinski definition) is 4. The molecular weight excluding hydrogens is 276 g/mol. The van der Waals surface area contributed by atoms with E-state index in [2.05, 4.69) is 4.72 Å². The van der Waals surface area contributed by atoms with Gasteiger partial charge in [-0.05, 0) is 24.6 Å². The van der Waals surface area contributed by atoms with Gasteiger partial charge in [0.1, 0.15) is 0 Å². The molecule has 18 heavy (non-hydrogen) atoms. The highest BCUT2D eigenvalue weighted by molar-refractivity contribution is 7.89. The summed E-state index contributed by atoms with van der Waals surface area (Å²) >= 11 is 5.81. The van der Waals surface area contributed by atoms with Gasteiger partial charge in [-0.1, -0.05) is 18.5 Å². The minimum absolute atomic E-state index is 0.0938. The van der Waals surface area contributed by atoms with Crippen molar-refractivity contribution in [2.24, 2.45) is 0 Å². The molecule has 0 saturated carbocycles. The first-order valence-corrected chi connectivity index (χ1v) is 7.33. The standard InChI is InChI=1S/C11H17ClN2O3S/c1-3-8(7-17-2)14-18(15,16)9-4-5-11(13)10(12)6-9/h4-6,8,14H,3,7,13H2,1-2H3. The van der Waals surface area contributed by atoms with Crippen molar-refractivity contribution in [3.05, 3.63) is 23.2 Å². The second-order valence-electron chi connectivity index (χ2n) is 3.87. The fraction of sp³-hybridized carbons (Fsp3) is 0.455. The molecule has 1 atom stereocenters. The zero-order valence-corrected chi connectivity index (χ0v) is 11.9. The van der Waals surface area contributed by atoms with Crippen LogP contribution < -0.4 is 10.5 Å². The minimum atomic E-state index is -3.60. The Morgan fingerprint density at radius 3 is 2.67 bits per heavy atom. The Hall–Kier alpha value is -0.820. The van der Waals surface area contributed by atoms with Crippen LogP contribution >= 0.6 is 11.6 Å². The fourth-order valence-electron chi connectivity index (χ4n) is 1.40. The molecule has 0 aliphatic rings. The third-order valence-electron chi connectivity index (χ3n) is 2.46. The highest BCUT2D eigenvalue weighted by atomic mass is 35.5. The lowest BCUT2D eigenvalue weighted by atomic mass is 10.3. The van der Waals surface area contributed by atoms with E-state index in [0.717, 1.165) is 0 Å². The molecule has 0 aliphatic heterocycles. The van der Waals surface area contributed by atoms with E-state index in [1.807, 2.05) is 6.92 Å². The molecule has 0 radical (unpaired) electrons. The van der Waals surface area contributed by atoms with Gasteiger partial charge >= 0.3 is 0 Å². The molecule has 0 fully saturated rings. The number of methoxy groups -OCH3 is 1. The summed E-state index contributed by atoms with van der Waals surface area (Å²) in [6.45, 7) is 2.20. The summed E-state index contributed by atoms with van der Waals surface area (Å²) in [5, 5.41) is 0.220. The van der Waals surface area contributed by atoms with Gasteiger partial charge in [0.25, 0.3) is 0 Å². The van der Waals surface area contributed by atoms with Gasteiger partial charge < -0.3 is 10.5 Å². The molecule has 0 saturated heterocycles. The molecule has 7 heteroatoms. The summed E-state index contributed by atoms with van der Waals surface area (Å²) in [7, 11) is -2.08. The average Bonchev–Trinajstić information content (AvgIpc) is 2.31. The van der Waals surface area contributed by atoms with Crippen molar-refractivity contribution in [3.63, 3.8) is 0 Å². The number of ether oxygens (including phenoxy) is 1. The smallest absolute Gasteiger partial charge is 0.240 e. The molecule has 5 nitrogen and oxygen atoms in total. The van der Waals surface area contributed by atoms with Crippen molar-refractivity contribution < 1.29 is 13.2 Å². The van der Waals surface area contributed by atoms with Crippen molar-refractivity contribution in [1.29, 1.82) is 0 Å². The Labute approximate surface area is 112 Å². The normalized spacial score (nSPS) is 13.5. The fourth-order valence-corrected chi connectivity index (χ4v) is 2.97. The Kier molecular flexibility index (Phi) is 5.40. The molecule has 1 rings (SSSR count). The zero-order chi connectivity index (χ0) is 13.8. The van der Waals surface area contributed by atoms with E-state index < -0.39 is 10.0 Å². The number of rotatable bonds is 6. The summed E-state index contributed by atoms with van der Waals surface area (Å²) in [5.41, 5.74) is 5.89. The number of nitrogen functional groups attached to an aromatic ring is 1. The SMILES string of the molecule is CCC(COC)NS(=O)(=O)c1ccc(N)c(Cl)c1. The van der Waals surface area contributed by atoms with Crippen LogP contribution in [0.25, 0.3) is 0 Å². The summed E-state index contributed by atoms with van der Waals surface area (Å²) in [5.74, 6) is 0. The maximum absolute atomic E-state index is 12.1. The maximum atomic E-state index is 12.1. The van der Waals surface area contributed by atoms with Crippen molar-refractivity contribution in [2.75, 3.05) is 19.5 Å². The topological polar surface area (TPSA) is 81.4 Å². The Balaban J connectivity index is 2.95. The molecule has 1 unspecified atom stereocenters. The summed E-state index contributed by atoms with van der Waals surface area (Å²) < 4.78 is 31.6. The predicted octanol–water partition coefficient (Wildman–Crippen LogP) is 1.63. The second kappa shape index (κ2) is 6.38. The number of anilines is 1. The lowest BCUT2D eigenvalue weighted by Crippen LogP contribution is -2.37. The number of benzene rings is 1. The summed E-state index contributed by atoms with van der Waals surface area (Å²) in [6, 6.07) is 3.95. The molecule has 0 aliphatic carbocycles. The molecule has 0 aromatic heterocycles. The summed E-state index contributed by atoms with van der Waals surface area (Å²) in [4.78, 5) is 0.0938. The van der Waals surface area contributed by atoms with E-state index >= 15 is 0 Å². The van der Waals surface area contributed by atoms with Crippen LogP contribution in [0.1, 0.15) is 13.3 Å². The van der Waals surface area contributed by atoms with Crippen molar-refractivity contribution in [3.8, 4) is 0 Å². The van der Waals surface area contributed by atoms with Gasteiger partial charge in [0, 0.05) is 13.2 Å². The molecule has 1 aromatic carbocycles. The van der Waals surface area contributed by atoms with Crippen LogP contribution in [0, 0.1) is 0 Å². The van der Waals surface area contributed by atoms with Gasteiger partial charge in [-0.2, -0.15) is 0 Å². The zero-order valence-electron chi connectivity index (χ0n) is 10.3. The lowest BCUT2D eigenvalue weighted by molar-refractivity contribution is 0.173. The predicted molar refractivity (Wildman–Crippen MR) is 72.1 cm³/mol. The van der Waals surface area contributed by atoms with Gasteiger partial charge in [-0.15, -0.1) is 0 Å². The van der Waals surface area contributed by atoms with Gasteiger partial charge in [0.15, 0.2) is 0 Å². The van der Waals surface area contributed by atoms with Gasteiger partial charge in [0.05, 0.1) is 22.2 Å². The molecule has 0 heterocycles. The molecule has 0 amide bonds. The van der Waals surface area contributed by atoms with E-state index in [9.17, 15) is 8.42 Å². The number of nitrogens with two attached hydrogens (primary N) is 1. The minimum Gasteiger partial charge on any atom is -0.398 e. The first kappa shape index (κ1) is 15.2. The van der Waals surface area contributed by atoms with Crippen LogP contribution in [0.2, 0.25) is 5.02 Å². The maximum Gasteiger partial charge on any atom is 0.240 e. The van der Waals surface area contributed by atoms with Crippen molar-refractivity contribution >= 4 is 27.3 Å². The molecule has 0 bridgehead atoms. The van der Waals surface area contributed by atoms with Crippen LogP contribution in [-0.4, -0.2) is 28.2 Å². The van der Waals surface area contributed by atoms with Crippen LogP contribution in [-0.2, 0) is 14.8 Å². The van der Waals surface area contributed by atoms with Crippen LogP contribution in [0.15, 0.2) is 23.1 Å². The van der Waals surface area contributed by atoms with Gasteiger partial charge in [-0.25, -0.2) is 13.1 Å². The molecule has 3 N–H and O–H groups in total. The van der Waals surface area contributed by atoms with Crippen molar-refractivity contribution in [1.82, 2.24) is 4.72 Å². The Morgan fingerprint density at radius 1 is 1.50 bits per heavy atom. The van der Waals surface area contributed by atoms with Crippen LogP contribution in [0.5, 0.6) is 0 Å². The largest absolute Gasteiger partial charge is 0.398 e. The van der Waals surface area contributed by atoms with E-state index in [1.165, 1.54) is 25.3 Å². The quantitative estimate of drug-likeness (QED) is 0.781. The second-order valence-corrected chi connectivity index (χ2v) is 5.99. The van der Waals surface area contributed by atoms with E-state index in [1.54, 1.807) is 0 Å². The van der Waals surface area contributed by atoms with E-state index in [0.29, 0.717) is 18.7 Å². The monoisotopic (exact) mass is 292 g/mol. The molecule has 102 valence electrons. The Bertz CT molecular complexity index is 505. The molecule has 1 aromatic rings. The van der Waals surface area contributed by atoms with E-state index in [-0.39, 0.29) is 16.0 Å². The highest BCUT2D eigenvalue weighted by Crippen LogP contribution is 2.22. The highest BCUT2D eigenvalue weighted by Gasteiger charge is 2.19. The summed E-state index contributed by atoms with van der Waals surface area (Å²) in [6.07, 6.45) is 0.635. The third kappa shape index (κ3) is 3.84. The van der Waals surface area contributed by atoms with Crippen molar-refractivity contribution in [2.45, 2.75) is 24.3 Å². The third-order valence-corrected chi connectivity index (χ3v) is 4.31. The number of halogens is 1. The lowest BCUT2D eigenvalue weighted by Gasteiger charge is -2.16. The number of nitrogens with one attached hydrogen (secondary N) is 1. The van der Waals surface area contributed by atoms with Gasteiger partial charge in [0.2, 0.25) is 10.0 Å². The average molecular weight is 293 g/mol. The van der Waals surface area contributed by atoms with Gasteiger partial charge in [-0.3, -0.25) is 0 Å². The number of hydrogen-bond donors (Lipinski definition) is 2. The first-order chi connectivity index (χ1) is 8.40. The van der Waals surface area contributed by atoms with E-state index in [4.69, 9.17) is 22.1 Å². The van der Waals surface area contributed by atoms with Crippen LogP contribution in [0.4, 0.5) is 5.69 Å². The molecule has 0 spiro atoms. The molecular formula is C11H17ClN2O3S.